The van der Waals surface area contributed by atoms with Gasteiger partial charge < -0.3 is 5.73 Å². The van der Waals surface area contributed by atoms with Crippen molar-refractivity contribution in [2.45, 2.75) is 25.2 Å². The fraction of sp³-hybridized carbons (Fsp3) is 0.333. The van der Waals surface area contributed by atoms with Crippen molar-refractivity contribution in [3.8, 4) is 0 Å². The van der Waals surface area contributed by atoms with Crippen LogP contribution in [-0.2, 0) is 29.2 Å². The maximum absolute atomic E-state index is 13.7. The van der Waals surface area contributed by atoms with E-state index in [-0.39, 0.29) is 18.5 Å². The highest BCUT2D eigenvalue weighted by Crippen LogP contribution is 2.29. The third-order valence-corrected chi connectivity index (χ3v) is 5.93. The van der Waals surface area contributed by atoms with Crippen LogP contribution in [0.2, 0.25) is 0 Å². The van der Waals surface area contributed by atoms with Gasteiger partial charge in [-0.1, -0.05) is 36.4 Å². The molecule has 2 N–H and O–H groups in total. The second-order valence-electron chi connectivity index (χ2n) is 6.29. The van der Waals surface area contributed by atoms with Crippen LogP contribution in [0.1, 0.15) is 16.7 Å². The van der Waals surface area contributed by atoms with Gasteiger partial charge in [0, 0.05) is 19.6 Å². The second-order valence-corrected chi connectivity index (χ2v) is 8.41. The van der Waals surface area contributed by atoms with Crippen LogP contribution in [0.5, 0.6) is 0 Å². The number of alkyl halides is 3. The van der Waals surface area contributed by atoms with Gasteiger partial charge in [0.1, 0.15) is 5.82 Å². The van der Waals surface area contributed by atoms with E-state index in [1.54, 1.807) is 6.07 Å². The summed E-state index contributed by atoms with van der Waals surface area (Å²) in [6.45, 7) is -0.224. The molecule has 4 nitrogen and oxygen atoms in total. The molecule has 0 heterocycles. The fourth-order valence-corrected chi connectivity index (χ4v) is 3.86. The normalized spacial score (nSPS) is 13.7. The van der Waals surface area contributed by atoms with Crippen molar-refractivity contribution in [3.05, 3.63) is 71.0 Å². The lowest BCUT2D eigenvalue weighted by molar-refractivity contribution is -0.137. The first kappa shape index (κ1) is 21.3. The summed E-state index contributed by atoms with van der Waals surface area (Å²) in [6, 6.07) is 9.54. The molecule has 0 bridgehead atoms. The molecule has 0 saturated carbocycles. The van der Waals surface area contributed by atoms with E-state index in [1.165, 1.54) is 37.4 Å². The van der Waals surface area contributed by atoms with E-state index in [1.807, 2.05) is 0 Å². The van der Waals surface area contributed by atoms with Gasteiger partial charge in [0.2, 0.25) is 10.0 Å². The summed E-state index contributed by atoms with van der Waals surface area (Å²) in [5.74, 6) is -0.917. The molecular weight excluding hydrogens is 384 g/mol. The molecule has 0 saturated heterocycles. The van der Waals surface area contributed by atoms with Crippen LogP contribution in [-0.4, -0.2) is 31.6 Å². The van der Waals surface area contributed by atoms with Gasteiger partial charge in [-0.25, -0.2) is 17.1 Å². The Labute approximate surface area is 155 Å². The van der Waals surface area contributed by atoms with Gasteiger partial charge in [-0.3, -0.25) is 0 Å². The van der Waals surface area contributed by atoms with Gasteiger partial charge >= 0.3 is 6.18 Å². The number of sulfonamides is 1. The van der Waals surface area contributed by atoms with Crippen LogP contribution < -0.4 is 5.73 Å². The average molecular weight is 404 g/mol. The van der Waals surface area contributed by atoms with E-state index in [9.17, 15) is 26.0 Å². The predicted molar refractivity (Wildman–Crippen MR) is 94.8 cm³/mol. The highest BCUT2D eigenvalue weighted by atomic mass is 32.2. The first-order valence-electron chi connectivity index (χ1n) is 8.08. The predicted octanol–water partition coefficient (Wildman–Crippen LogP) is 3.18. The summed E-state index contributed by atoms with van der Waals surface area (Å²) in [4.78, 5) is 0. The molecule has 0 aliphatic heterocycles. The fourth-order valence-electron chi connectivity index (χ4n) is 2.60. The Morgan fingerprint density at radius 2 is 1.78 bits per heavy atom. The van der Waals surface area contributed by atoms with Crippen LogP contribution >= 0.6 is 0 Å². The zero-order valence-corrected chi connectivity index (χ0v) is 15.4. The zero-order valence-electron chi connectivity index (χ0n) is 14.6. The molecule has 2 rings (SSSR count). The summed E-state index contributed by atoms with van der Waals surface area (Å²) < 4.78 is 77.8. The van der Waals surface area contributed by atoms with Crippen molar-refractivity contribution in [3.63, 3.8) is 0 Å². The lowest BCUT2D eigenvalue weighted by Gasteiger charge is -2.20. The quantitative estimate of drug-likeness (QED) is 0.721. The van der Waals surface area contributed by atoms with Crippen molar-refractivity contribution in [2.24, 2.45) is 5.73 Å². The minimum atomic E-state index is -4.50. The topological polar surface area (TPSA) is 63.4 Å². The van der Waals surface area contributed by atoms with Crippen molar-refractivity contribution in [1.29, 1.82) is 0 Å². The van der Waals surface area contributed by atoms with Crippen molar-refractivity contribution in [2.75, 3.05) is 12.8 Å². The minimum Gasteiger partial charge on any atom is -0.326 e. The average Bonchev–Trinajstić information content (AvgIpc) is 2.56. The van der Waals surface area contributed by atoms with Gasteiger partial charge in [0.25, 0.3) is 0 Å². The first-order valence-corrected chi connectivity index (χ1v) is 9.69. The highest BCUT2D eigenvalue weighted by Gasteiger charge is 2.30. The molecule has 0 amide bonds. The highest BCUT2D eigenvalue weighted by molar-refractivity contribution is 7.89. The molecule has 0 unspecified atom stereocenters. The Balaban J connectivity index is 2.04. The molecule has 27 heavy (non-hydrogen) atoms. The van der Waals surface area contributed by atoms with E-state index in [0.717, 1.165) is 16.4 Å². The van der Waals surface area contributed by atoms with Gasteiger partial charge in [-0.05, 0) is 29.7 Å². The van der Waals surface area contributed by atoms with Crippen LogP contribution in [0, 0.1) is 5.82 Å². The third-order valence-electron chi connectivity index (χ3n) is 4.00. The smallest absolute Gasteiger partial charge is 0.326 e. The molecule has 2 aromatic carbocycles. The van der Waals surface area contributed by atoms with E-state index < -0.39 is 39.4 Å². The molecule has 0 aliphatic rings. The number of nitrogens with zero attached hydrogens (tertiary/aromatic N) is 1. The molecule has 0 radical (unpaired) electrons. The lowest BCUT2D eigenvalue weighted by Crippen LogP contribution is -2.38. The summed E-state index contributed by atoms with van der Waals surface area (Å²) in [5.41, 5.74) is 5.52. The van der Waals surface area contributed by atoms with Crippen LogP contribution in [0.3, 0.4) is 0 Å². The number of halogens is 4. The molecule has 1 atom stereocenters. The van der Waals surface area contributed by atoms with Gasteiger partial charge in [-0.2, -0.15) is 13.2 Å². The Bertz CT molecular complexity index is 885. The summed E-state index contributed by atoms with van der Waals surface area (Å²) in [5, 5.41) is 0. The van der Waals surface area contributed by atoms with Crippen LogP contribution in [0.4, 0.5) is 17.6 Å². The molecule has 0 aromatic heterocycles. The molecule has 0 spiro atoms. The third kappa shape index (κ3) is 6.02. The van der Waals surface area contributed by atoms with Crippen molar-refractivity contribution in [1.82, 2.24) is 4.31 Å². The Morgan fingerprint density at radius 3 is 2.41 bits per heavy atom. The van der Waals surface area contributed by atoms with Crippen LogP contribution in [0.15, 0.2) is 48.5 Å². The summed E-state index contributed by atoms with van der Waals surface area (Å²) >= 11 is 0. The summed E-state index contributed by atoms with van der Waals surface area (Å²) in [6.07, 6.45) is -4.47. The monoisotopic (exact) mass is 404 g/mol. The number of nitrogens with two attached hydrogens (primary N) is 1. The van der Waals surface area contributed by atoms with Crippen LogP contribution in [0.25, 0.3) is 0 Å². The Morgan fingerprint density at radius 1 is 1.11 bits per heavy atom. The lowest BCUT2D eigenvalue weighted by atomic mass is 10.1. The molecule has 0 fully saturated rings. The molecule has 9 heteroatoms. The van der Waals surface area contributed by atoms with Gasteiger partial charge in [0.15, 0.2) is 0 Å². The standard InChI is InChI=1S/C18H20F4N2O2S/c1-24(11-13-5-4-7-15(9-13)18(20,21)22)27(25,26)12-16(23)10-14-6-2-3-8-17(14)19/h2-9,16H,10-12,23H2,1H3/t16-/m1/s1. The molecular formula is C18H20F4N2O2S. The van der Waals surface area contributed by atoms with E-state index in [4.69, 9.17) is 5.73 Å². The number of benzene rings is 2. The number of hydrogen-bond donors (Lipinski definition) is 1. The number of hydrogen-bond acceptors (Lipinski definition) is 3. The zero-order chi connectivity index (χ0) is 20.2. The SMILES string of the molecule is CN(Cc1cccc(C(F)(F)F)c1)S(=O)(=O)C[C@H](N)Cc1ccccc1F. The first-order chi connectivity index (χ1) is 12.5. The molecule has 0 aliphatic carbocycles. The van der Waals surface area contributed by atoms with E-state index in [0.29, 0.717) is 5.56 Å². The second kappa shape index (κ2) is 8.37. The molecule has 148 valence electrons. The Hall–Kier alpha value is -1.97. The van der Waals surface area contributed by atoms with E-state index >= 15 is 0 Å². The van der Waals surface area contributed by atoms with Gasteiger partial charge in [-0.15, -0.1) is 0 Å². The van der Waals surface area contributed by atoms with Crippen molar-refractivity contribution < 1.29 is 26.0 Å². The Kier molecular flexibility index (Phi) is 6.61. The maximum atomic E-state index is 13.7. The molecule has 2 aromatic rings. The number of rotatable bonds is 7. The summed E-state index contributed by atoms with van der Waals surface area (Å²) in [7, 11) is -2.57. The minimum absolute atomic E-state index is 0.0311. The van der Waals surface area contributed by atoms with E-state index in [2.05, 4.69) is 0 Å². The largest absolute Gasteiger partial charge is 0.416 e. The van der Waals surface area contributed by atoms with Gasteiger partial charge in [0.05, 0.1) is 11.3 Å². The maximum Gasteiger partial charge on any atom is 0.416 e. The van der Waals surface area contributed by atoms with Crippen molar-refractivity contribution >= 4 is 10.0 Å².